The van der Waals surface area contributed by atoms with E-state index in [9.17, 15) is 0 Å². The molecule has 3 aromatic carbocycles. The van der Waals surface area contributed by atoms with E-state index in [-0.39, 0.29) is 0 Å². The summed E-state index contributed by atoms with van der Waals surface area (Å²) in [5.74, 6) is 2.77. The number of hydrogen-bond acceptors (Lipinski definition) is 5. The second-order valence-corrected chi connectivity index (χ2v) is 7.49. The molecule has 0 unspecified atom stereocenters. The summed E-state index contributed by atoms with van der Waals surface area (Å²) in [4.78, 5) is 0. The number of ether oxygens (including phenoxy) is 4. The van der Waals surface area contributed by atoms with Crippen LogP contribution in [0.25, 0.3) is 0 Å². The lowest BCUT2D eigenvalue weighted by atomic mass is 10.1. The van der Waals surface area contributed by atoms with Crippen LogP contribution < -0.4 is 24.3 Å². The lowest BCUT2D eigenvalue weighted by Crippen LogP contribution is -2.15. The minimum absolute atomic E-state index is 0.448. The largest absolute Gasteiger partial charge is 0.493 e. The normalized spacial score (nSPS) is 12.4. The minimum atomic E-state index is 0.448. The smallest absolute Gasteiger partial charge is 0.163 e. The number of rotatable bonds is 7. The van der Waals surface area contributed by atoms with Crippen LogP contribution in [0, 0.1) is 6.92 Å². The van der Waals surface area contributed by atoms with Gasteiger partial charge in [-0.05, 0) is 36.2 Å². The molecule has 1 N–H and O–H groups in total. The van der Waals surface area contributed by atoms with Crippen LogP contribution >= 0.6 is 11.6 Å². The minimum Gasteiger partial charge on any atom is -0.493 e. The van der Waals surface area contributed by atoms with Gasteiger partial charge in [-0.15, -0.1) is 0 Å². The van der Waals surface area contributed by atoms with Gasteiger partial charge in [-0.3, -0.25) is 0 Å². The number of methoxy groups -OCH3 is 1. The van der Waals surface area contributed by atoms with Gasteiger partial charge in [0.1, 0.15) is 19.8 Å². The van der Waals surface area contributed by atoms with E-state index in [4.69, 9.17) is 30.5 Å². The lowest BCUT2D eigenvalue weighted by molar-refractivity contribution is 0.171. The van der Waals surface area contributed by atoms with Crippen molar-refractivity contribution >= 4 is 17.3 Å². The third-order valence-electron chi connectivity index (χ3n) is 4.83. The molecule has 0 saturated carbocycles. The molecule has 30 heavy (non-hydrogen) atoms. The zero-order valence-corrected chi connectivity index (χ0v) is 17.8. The number of fused-ring (bicyclic) bond motifs is 1. The fraction of sp³-hybridized carbons (Fsp3) is 0.250. The Morgan fingerprint density at radius 3 is 2.60 bits per heavy atom. The van der Waals surface area contributed by atoms with Crippen LogP contribution in [-0.2, 0) is 13.2 Å². The number of aryl methyl sites for hydroxylation is 1. The van der Waals surface area contributed by atoms with Gasteiger partial charge in [0.05, 0.1) is 7.11 Å². The molecule has 1 aliphatic rings. The average molecular weight is 426 g/mol. The Morgan fingerprint density at radius 2 is 1.80 bits per heavy atom. The van der Waals surface area contributed by atoms with Crippen molar-refractivity contribution in [1.29, 1.82) is 0 Å². The van der Waals surface area contributed by atoms with Gasteiger partial charge in [-0.1, -0.05) is 41.4 Å². The summed E-state index contributed by atoms with van der Waals surface area (Å²) < 4.78 is 22.7. The molecule has 0 aromatic heterocycles. The second kappa shape index (κ2) is 9.18. The molecule has 0 amide bonds. The maximum atomic E-state index is 6.53. The number of anilines is 1. The van der Waals surface area contributed by atoms with Gasteiger partial charge in [-0.2, -0.15) is 0 Å². The van der Waals surface area contributed by atoms with E-state index in [1.807, 2.05) is 36.4 Å². The number of halogens is 1. The van der Waals surface area contributed by atoms with Gasteiger partial charge < -0.3 is 24.3 Å². The SMILES string of the molecule is COc1cc(CNc2ccc3c(c2)OCCO3)c(Cl)cc1OCc1cccc(C)c1. The average Bonchev–Trinajstić information content (AvgIpc) is 2.77. The Hall–Kier alpha value is -3.05. The van der Waals surface area contributed by atoms with Gasteiger partial charge in [0.15, 0.2) is 23.0 Å². The quantitative estimate of drug-likeness (QED) is 0.532. The third kappa shape index (κ3) is 4.74. The van der Waals surface area contributed by atoms with Crippen molar-refractivity contribution in [2.75, 3.05) is 25.6 Å². The topological polar surface area (TPSA) is 49.0 Å². The predicted octanol–water partition coefficient (Wildman–Crippen LogP) is 5.62. The fourth-order valence-electron chi connectivity index (χ4n) is 3.30. The van der Waals surface area contributed by atoms with E-state index < -0.39 is 0 Å². The van der Waals surface area contributed by atoms with Gasteiger partial charge in [-0.25, -0.2) is 0 Å². The first-order valence-corrected chi connectivity index (χ1v) is 10.2. The molecule has 0 fully saturated rings. The zero-order valence-electron chi connectivity index (χ0n) is 17.0. The highest BCUT2D eigenvalue weighted by atomic mass is 35.5. The van der Waals surface area contributed by atoms with Crippen LogP contribution in [0.5, 0.6) is 23.0 Å². The van der Waals surface area contributed by atoms with Crippen molar-refractivity contribution in [3.63, 3.8) is 0 Å². The van der Waals surface area contributed by atoms with E-state index >= 15 is 0 Å². The van der Waals surface area contributed by atoms with Gasteiger partial charge in [0, 0.05) is 29.4 Å². The monoisotopic (exact) mass is 425 g/mol. The molecule has 0 bridgehead atoms. The molecule has 0 saturated heterocycles. The molecule has 4 rings (SSSR count). The maximum Gasteiger partial charge on any atom is 0.163 e. The molecule has 1 heterocycles. The summed E-state index contributed by atoms with van der Waals surface area (Å²) in [7, 11) is 1.63. The molecular weight excluding hydrogens is 402 g/mol. The number of hydrogen-bond donors (Lipinski definition) is 1. The van der Waals surface area contributed by atoms with Gasteiger partial charge >= 0.3 is 0 Å². The maximum absolute atomic E-state index is 6.53. The summed E-state index contributed by atoms with van der Waals surface area (Å²) in [6.45, 7) is 4.18. The van der Waals surface area contributed by atoms with E-state index in [2.05, 4.69) is 24.4 Å². The molecule has 0 aliphatic carbocycles. The first kappa shape index (κ1) is 20.2. The van der Waals surface area contributed by atoms with Crippen molar-refractivity contribution in [3.8, 4) is 23.0 Å². The highest BCUT2D eigenvalue weighted by molar-refractivity contribution is 6.31. The zero-order chi connectivity index (χ0) is 20.9. The van der Waals surface area contributed by atoms with Crippen molar-refractivity contribution < 1.29 is 18.9 Å². The van der Waals surface area contributed by atoms with E-state index in [1.165, 1.54) is 5.56 Å². The van der Waals surface area contributed by atoms with Crippen LogP contribution in [0.15, 0.2) is 54.6 Å². The molecule has 0 atom stereocenters. The Bertz CT molecular complexity index is 1040. The van der Waals surface area contributed by atoms with Crippen molar-refractivity contribution in [2.45, 2.75) is 20.1 Å². The highest BCUT2D eigenvalue weighted by Crippen LogP contribution is 2.35. The summed E-state index contributed by atoms with van der Waals surface area (Å²) in [6.07, 6.45) is 0. The van der Waals surface area contributed by atoms with Crippen molar-refractivity contribution in [2.24, 2.45) is 0 Å². The van der Waals surface area contributed by atoms with Crippen LogP contribution in [0.4, 0.5) is 5.69 Å². The molecule has 0 radical (unpaired) electrons. The Kier molecular flexibility index (Phi) is 6.19. The number of nitrogens with one attached hydrogen (secondary N) is 1. The molecule has 156 valence electrons. The number of benzene rings is 3. The molecule has 1 aliphatic heterocycles. The van der Waals surface area contributed by atoms with E-state index in [0.29, 0.717) is 42.9 Å². The molecule has 5 nitrogen and oxygen atoms in total. The van der Waals surface area contributed by atoms with Gasteiger partial charge in [0.2, 0.25) is 0 Å². The Labute approximate surface area is 181 Å². The first-order chi connectivity index (χ1) is 14.6. The summed E-state index contributed by atoms with van der Waals surface area (Å²) in [6, 6.07) is 17.7. The van der Waals surface area contributed by atoms with Crippen molar-refractivity contribution in [3.05, 3.63) is 76.3 Å². The summed E-state index contributed by atoms with van der Waals surface area (Å²) in [5.41, 5.74) is 4.12. The Balaban J connectivity index is 1.45. The third-order valence-corrected chi connectivity index (χ3v) is 5.19. The highest BCUT2D eigenvalue weighted by Gasteiger charge is 2.14. The second-order valence-electron chi connectivity index (χ2n) is 7.08. The van der Waals surface area contributed by atoms with Gasteiger partial charge in [0.25, 0.3) is 0 Å². The predicted molar refractivity (Wildman–Crippen MR) is 118 cm³/mol. The molecule has 0 spiro atoms. The first-order valence-electron chi connectivity index (χ1n) is 9.80. The van der Waals surface area contributed by atoms with E-state index in [0.717, 1.165) is 28.3 Å². The van der Waals surface area contributed by atoms with Crippen LogP contribution in [-0.4, -0.2) is 20.3 Å². The van der Waals surface area contributed by atoms with Crippen LogP contribution in [0.2, 0.25) is 5.02 Å². The molecular formula is C24H24ClNO4. The standard InChI is InChI=1S/C24H24ClNO4/c1-16-4-3-5-17(10-16)15-30-24-13-20(25)18(11-22(24)27-2)14-26-19-6-7-21-23(12-19)29-9-8-28-21/h3-7,10-13,26H,8-9,14-15H2,1-2H3. The summed E-state index contributed by atoms with van der Waals surface area (Å²) in [5, 5.41) is 3.98. The molecule has 6 heteroatoms. The van der Waals surface area contributed by atoms with E-state index in [1.54, 1.807) is 13.2 Å². The van der Waals surface area contributed by atoms with Crippen LogP contribution in [0.3, 0.4) is 0 Å². The van der Waals surface area contributed by atoms with Crippen molar-refractivity contribution in [1.82, 2.24) is 0 Å². The Morgan fingerprint density at radius 1 is 0.967 bits per heavy atom. The summed E-state index contributed by atoms with van der Waals surface area (Å²) >= 11 is 6.53. The lowest BCUT2D eigenvalue weighted by Gasteiger charge is -2.19. The fourth-order valence-corrected chi connectivity index (χ4v) is 3.52. The van der Waals surface area contributed by atoms with Crippen LogP contribution in [0.1, 0.15) is 16.7 Å². The molecule has 3 aromatic rings.